The lowest BCUT2D eigenvalue weighted by Gasteiger charge is -1.95. The van der Waals surface area contributed by atoms with E-state index in [2.05, 4.69) is 50.3 Å². The van der Waals surface area contributed by atoms with Crippen molar-refractivity contribution in [3.05, 3.63) is 64.5 Å². The van der Waals surface area contributed by atoms with Crippen molar-refractivity contribution in [2.24, 2.45) is 0 Å². The third-order valence-corrected chi connectivity index (χ3v) is 4.82. The SMILES string of the molecule is Cc1ccc2nc(CSc3nnc(-c4cccc(Br)c4)o3)cn2c1. The average molecular weight is 401 g/mol. The first-order valence-corrected chi connectivity index (χ1v) is 9.12. The van der Waals surface area contributed by atoms with Gasteiger partial charge in [0, 0.05) is 28.2 Å². The maximum atomic E-state index is 5.72. The number of imidazole rings is 1. The van der Waals surface area contributed by atoms with Crippen molar-refractivity contribution in [1.82, 2.24) is 19.6 Å². The predicted octanol–water partition coefficient (Wildman–Crippen LogP) is 4.75. The van der Waals surface area contributed by atoms with E-state index in [-0.39, 0.29) is 0 Å². The molecule has 0 aliphatic rings. The number of halogens is 1. The van der Waals surface area contributed by atoms with Crippen LogP contribution in [0.3, 0.4) is 0 Å². The fourth-order valence-electron chi connectivity index (χ4n) is 2.37. The Balaban J connectivity index is 1.49. The van der Waals surface area contributed by atoms with E-state index in [9.17, 15) is 0 Å². The molecule has 0 unspecified atom stereocenters. The Bertz CT molecular complexity index is 1010. The lowest BCUT2D eigenvalue weighted by Crippen LogP contribution is -1.82. The molecule has 0 N–H and O–H groups in total. The molecule has 4 aromatic rings. The number of rotatable bonds is 4. The van der Waals surface area contributed by atoms with Crippen molar-refractivity contribution in [2.45, 2.75) is 17.9 Å². The molecular formula is C17H13BrN4OS. The zero-order chi connectivity index (χ0) is 16.5. The summed E-state index contributed by atoms with van der Waals surface area (Å²) in [7, 11) is 0. The largest absolute Gasteiger partial charge is 0.411 e. The summed E-state index contributed by atoms with van der Waals surface area (Å²) in [6.07, 6.45) is 4.09. The van der Waals surface area contributed by atoms with Crippen LogP contribution in [0.15, 0.2) is 62.9 Å². The normalized spacial score (nSPS) is 11.2. The summed E-state index contributed by atoms with van der Waals surface area (Å²) >= 11 is 4.93. The van der Waals surface area contributed by atoms with Crippen LogP contribution in [0.5, 0.6) is 0 Å². The first-order chi connectivity index (χ1) is 11.7. The first kappa shape index (κ1) is 15.4. The van der Waals surface area contributed by atoms with E-state index in [1.54, 1.807) is 0 Å². The van der Waals surface area contributed by atoms with Gasteiger partial charge in [0.2, 0.25) is 5.89 Å². The maximum absolute atomic E-state index is 5.72. The summed E-state index contributed by atoms with van der Waals surface area (Å²) in [5, 5.41) is 8.75. The lowest BCUT2D eigenvalue weighted by atomic mass is 10.2. The van der Waals surface area contributed by atoms with Crippen LogP contribution in [-0.2, 0) is 5.75 Å². The van der Waals surface area contributed by atoms with Crippen molar-refractivity contribution < 1.29 is 4.42 Å². The Morgan fingerprint density at radius 3 is 2.96 bits per heavy atom. The highest BCUT2D eigenvalue weighted by Gasteiger charge is 2.10. The highest BCUT2D eigenvalue weighted by molar-refractivity contribution is 9.10. The smallest absolute Gasteiger partial charge is 0.277 e. The van der Waals surface area contributed by atoms with Gasteiger partial charge < -0.3 is 8.82 Å². The Kier molecular flexibility index (Phi) is 4.12. The number of pyridine rings is 1. The first-order valence-electron chi connectivity index (χ1n) is 7.34. The van der Waals surface area contributed by atoms with Crippen LogP contribution in [0.1, 0.15) is 11.3 Å². The third-order valence-electron chi connectivity index (χ3n) is 3.47. The summed E-state index contributed by atoms with van der Waals surface area (Å²) in [4.78, 5) is 4.59. The summed E-state index contributed by atoms with van der Waals surface area (Å²) in [6.45, 7) is 2.07. The topological polar surface area (TPSA) is 56.2 Å². The zero-order valence-corrected chi connectivity index (χ0v) is 15.2. The van der Waals surface area contributed by atoms with E-state index in [0.717, 1.165) is 21.4 Å². The lowest BCUT2D eigenvalue weighted by molar-refractivity contribution is 0.466. The van der Waals surface area contributed by atoms with Gasteiger partial charge in [-0.25, -0.2) is 4.98 Å². The van der Waals surface area contributed by atoms with Crippen molar-refractivity contribution in [1.29, 1.82) is 0 Å². The number of thioether (sulfide) groups is 1. The van der Waals surface area contributed by atoms with Crippen LogP contribution < -0.4 is 0 Å². The standard InChI is InChI=1S/C17H13BrN4OS/c1-11-5-6-15-19-14(9-22(15)8-11)10-24-17-21-20-16(23-17)12-3-2-4-13(18)7-12/h2-9H,10H2,1H3. The molecule has 0 fully saturated rings. The summed E-state index contributed by atoms with van der Waals surface area (Å²) in [5.74, 6) is 1.20. The Morgan fingerprint density at radius 2 is 2.08 bits per heavy atom. The monoisotopic (exact) mass is 400 g/mol. The molecule has 0 aliphatic heterocycles. The molecule has 3 aromatic heterocycles. The molecule has 4 rings (SSSR count). The van der Waals surface area contributed by atoms with Gasteiger partial charge in [0.05, 0.1) is 5.69 Å². The van der Waals surface area contributed by atoms with Crippen LogP contribution in [0, 0.1) is 6.92 Å². The van der Waals surface area contributed by atoms with Gasteiger partial charge in [0.25, 0.3) is 5.22 Å². The second kappa shape index (κ2) is 6.41. The van der Waals surface area contributed by atoms with Gasteiger partial charge in [-0.1, -0.05) is 39.8 Å². The minimum atomic E-state index is 0.518. The molecule has 0 atom stereocenters. The van der Waals surface area contributed by atoms with E-state index in [0.29, 0.717) is 16.9 Å². The number of nitrogens with zero attached hydrogens (tertiary/aromatic N) is 4. The predicted molar refractivity (Wildman–Crippen MR) is 96.9 cm³/mol. The van der Waals surface area contributed by atoms with Gasteiger partial charge in [0.15, 0.2) is 0 Å². The molecule has 120 valence electrons. The van der Waals surface area contributed by atoms with Gasteiger partial charge >= 0.3 is 0 Å². The summed E-state index contributed by atoms with van der Waals surface area (Å²) < 4.78 is 8.74. The molecule has 0 amide bonds. The van der Waals surface area contributed by atoms with Crippen molar-refractivity contribution in [2.75, 3.05) is 0 Å². The number of benzene rings is 1. The van der Waals surface area contributed by atoms with Gasteiger partial charge in [0.1, 0.15) is 5.65 Å². The Morgan fingerprint density at radius 1 is 1.17 bits per heavy atom. The van der Waals surface area contributed by atoms with Crippen LogP contribution in [0.4, 0.5) is 0 Å². The molecule has 0 radical (unpaired) electrons. The molecule has 5 nitrogen and oxygen atoms in total. The van der Waals surface area contributed by atoms with Gasteiger partial charge in [-0.15, -0.1) is 10.2 Å². The maximum Gasteiger partial charge on any atom is 0.277 e. The Hall–Kier alpha value is -2.12. The van der Waals surface area contributed by atoms with Crippen molar-refractivity contribution in [3.8, 4) is 11.5 Å². The van der Waals surface area contributed by atoms with Crippen LogP contribution in [0.2, 0.25) is 0 Å². The van der Waals surface area contributed by atoms with Crippen LogP contribution in [-0.4, -0.2) is 19.6 Å². The average Bonchev–Trinajstić information content (AvgIpc) is 3.19. The van der Waals surface area contributed by atoms with Gasteiger partial charge in [-0.2, -0.15) is 0 Å². The highest BCUT2D eigenvalue weighted by Crippen LogP contribution is 2.27. The number of aryl methyl sites for hydroxylation is 1. The van der Waals surface area contributed by atoms with E-state index in [4.69, 9.17) is 4.42 Å². The van der Waals surface area contributed by atoms with E-state index in [1.807, 2.05) is 40.9 Å². The third kappa shape index (κ3) is 3.22. The van der Waals surface area contributed by atoms with E-state index in [1.165, 1.54) is 17.3 Å². The molecule has 0 saturated heterocycles. The van der Waals surface area contributed by atoms with Crippen molar-refractivity contribution >= 4 is 33.3 Å². The minimum Gasteiger partial charge on any atom is -0.411 e. The second-order valence-corrected chi connectivity index (χ2v) is 7.22. The molecule has 0 saturated carbocycles. The second-order valence-electron chi connectivity index (χ2n) is 5.38. The van der Waals surface area contributed by atoms with Crippen LogP contribution in [0.25, 0.3) is 17.1 Å². The van der Waals surface area contributed by atoms with Crippen molar-refractivity contribution in [3.63, 3.8) is 0 Å². The quantitative estimate of drug-likeness (QED) is 0.462. The van der Waals surface area contributed by atoms with Gasteiger partial charge in [-0.3, -0.25) is 0 Å². The van der Waals surface area contributed by atoms with E-state index < -0.39 is 0 Å². The van der Waals surface area contributed by atoms with Crippen LogP contribution >= 0.6 is 27.7 Å². The molecule has 0 spiro atoms. The number of aromatic nitrogens is 4. The summed E-state index contributed by atoms with van der Waals surface area (Å²) in [5.41, 5.74) is 4.02. The fraction of sp³-hybridized carbons (Fsp3) is 0.118. The minimum absolute atomic E-state index is 0.518. The van der Waals surface area contributed by atoms with E-state index >= 15 is 0 Å². The molecule has 7 heteroatoms. The summed E-state index contributed by atoms with van der Waals surface area (Å²) in [6, 6.07) is 11.9. The number of hydrogen-bond acceptors (Lipinski definition) is 5. The molecule has 1 aromatic carbocycles. The number of hydrogen-bond donors (Lipinski definition) is 0. The fourth-order valence-corrected chi connectivity index (χ4v) is 3.41. The molecule has 24 heavy (non-hydrogen) atoms. The molecule has 3 heterocycles. The molecule has 0 bridgehead atoms. The Labute approximate surface area is 151 Å². The highest BCUT2D eigenvalue weighted by atomic mass is 79.9. The molecule has 0 aliphatic carbocycles. The molecular weight excluding hydrogens is 388 g/mol. The number of fused-ring (bicyclic) bond motifs is 1. The van der Waals surface area contributed by atoms with Gasteiger partial charge in [-0.05, 0) is 36.8 Å². The zero-order valence-electron chi connectivity index (χ0n) is 12.8.